The van der Waals surface area contributed by atoms with Gasteiger partial charge in [0.15, 0.2) is 0 Å². The number of aliphatic hydroxyl groups excluding tert-OH is 1. The van der Waals surface area contributed by atoms with Crippen molar-refractivity contribution in [1.29, 1.82) is 0 Å². The van der Waals surface area contributed by atoms with Crippen molar-refractivity contribution in [2.75, 3.05) is 13.7 Å². The molecule has 1 heterocycles. The van der Waals surface area contributed by atoms with Crippen LogP contribution in [0.15, 0.2) is 24.3 Å². The molecule has 19 heavy (non-hydrogen) atoms. The lowest BCUT2D eigenvalue weighted by Gasteiger charge is -2.19. The predicted octanol–water partition coefficient (Wildman–Crippen LogP) is 0.595. The van der Waals surface area contributed by atoms with Crippen LogP contribution >= 0.6 is 0 Å². The maximum absolute atomic E-state index is 12.0. The fourth-order valence-corrected chi connectivity index (χ4v) is 2.33. The van der Waals surface area contributed by atoms with E-state index >= 15 is 0 Å². The van der Waals surface area contributed by atoms with Crippen LogP contribution < -0.4 is 15.4 Å². The smallest absolute Gasteiger partial charge is 0.237 e. The summed E-state index contributed by atoms with van der Waals surface area (Å²) in [5, 5.41) is 15.4. The van der Waals surface area contributed by atoms with Crippen molar-refractivity contribution in [3.63, 3.8) is 0 Å². The van der Waals surface area contributed by atoms with E-state index in [1.807, 2.05) is 31.2 Å². The topological polar surface area (TPSA) is 70.6 Å². The van der Waals surface area contributed by atoms with Crippen LogP contribution in [0.4, 0.5) is 0 Å². The van der Waals surface area contributed by atoms with Gasteiger partial charge in [0.05, 0.1) is 25.3 Å². The van der Waals surface area contributed by atoms with E-state index in [4.69, 9.17) is 4.74 Å². The predicted molar refractivity (Wildman–Crippen MR) is 72.0 cm³/mol. The van der Waals surface area contributed by atoms with Gasteiger partial charge in [-0.1, -0.05) is 18.2 Å². The Morgan fingerprint density at radius 1 is 1.53 bits per heavy atom. The monoisotopic (exact) mass is 264 g/mol. The zero-order valence-electron chi connectivity index (χ0n) is 11.2. The summed E-state index contributed by atoms with van der Waals surface area (Å²) in [5.74, 6) is 0.671. The average molecular weight is 264 g/mol. The Morgan fingerprint density at radius 2 is 2.26 bits per heavy atom. The lowest BCUT2D eigenvalue weighted by Crippen LogP contribution is -2.41. The van der Waals surface area contributed by atoms with E-state index in [1.165, 1.54) is 0 Å². The molecule has 0 aliphatic carbocycles. The number of para-hydroxylation sites is 1. The van der Waals surface area contributed by atoms with Crippen LogP contribution in [0.25, 0.3) is 0 Å². The highest BCUT2D eigenvalue weighted by atomic mass is 16.5. The summed E-state index contributed by atoms with van der Waals surface area (Å²) in [6.45, 7) is 2.39. The van der Waals surface area contributed by atoms with E-state index in [0.717, 1.165) is 11.3 Å². The van der Waals surface area contributed by atoms with E-state index in [2.05, 4.69) is 10.6 Å². The van der Waals surface area contributed by atoms with Crippen molar-refractivity contribution >= 4 is 5.91 Å². The van der Waals surface area contributed by atoms with Crippen molar-refractivity contribution in [1.82, 2.24) is 10.6 Å². The normalized spacial score (nSPS) is 23.9. The van der Waals surface area contributed by atoms with Gasteiger partial charge in [0.25, 0.3) is 0 Å². The van der Waals surface area contributed by atoms with Gasteiger partial charge in [-0.05, 0) is 19.4 Å². The van der Waals surface area contributed by atoms with Crippen LogP contribution in [-0.4, -0.2) is 36.8 Å². The molecule has 3 N–H and O–H groups in total. The number of carbonyl (C=O) groups is 1. The number of benzene rings is 1. The first-order valence-corrected chi connectivity index (χ1v) is 6.46. The van der Waals surface area contributed by atoms with Crippen LogP contribution in [-0.2, 0) is 4.79 Å². The molecule has 5 heteroatoms. The molecular weight excluding hydrogens is 244 g/mol. The quantitative estimate of drug-likeness (QED) is 0.744. The Hall–Kier alpha value is -1.59. The van der Waals surface area contributed by atoms with Crippen LogP contribution in [0.1, 0.15) is 24.9 Å². The fourth-order valence-electron chi connectivity index (χ4n) is 2.33. The van der Waals surface area contributed by atoms with Crippen LogP contribution in [0.2, 0.25) is 0 Å². The first-order valence-electron chi connectivity index (χ1n) is 6.46. The molecule has 1 aromatic carbocycles. The zero-order valence-corrected chi connectivity index (χ0v) is 11.2. The number of aliphatic hydroxyl groups is 1. The Labute approximate surface area is 113 Å². The SMILES string of the molecule is COc1ccccc1[C@H](C)NC(=O)C1CC(O)CN1. The number of carbonyl (C=O) groups excluding carboxylic acids is 1. The van der Waals surface area contributed by atoms with Gasteiger partial charge in [-0.3, -0.25) is 4.79 Å². The second kappa shape index (κ2) is 6.04. The minimum atomic E-state index is -0.433. The number of hydrogen-bond donors (Lipinski definition) is 3. The van der Waals surface area contributed by atoms with E-state index in [0.29, 0.717) is 13.0 Å². The molecule has 104 valence electrons. The molecule has 1 amide bonds. The summed E-state index contributed by atoms with van der Waals surface area (Å²) in [4.78, 5) is 12.0. The molecule has 0 aromatic heterocycles. The molecule has 1 saturated heterocycles. The number of ether oxygens (including phenoxy) is 1. The van der Waals surface area contributed by atoms with Gasteiger partial charge in [-0.15, -0.1) is 0 Å². The number of amides is 1. The van der Waals surface area contributed by atoms with Crippen LogP contribution in [0, 0.1) is 0 Å². The molecule has 0 radical (unpaired) electrons. The molecule has 1 aliphatic heterocycles. The standard InChI is InChI=1S/C14H20N2O3/c1-9(11-5-3-4-6-13(11)19-2)16-14(18)12-7-10(17)8-15-12/h3-6,9-10,12,15,17H,7-8H2,1-2H3,(H,16,18)/t9-,10?,12?/m0/s1. The number of hydrogen-bond acceptors (Lipinski definition) is 4. The molecule has 1 fully saturated rings. The molecule has 1 aliphatic rings. The Bertz CT molecular complexity index is 450. The summed E-state index contributed by atoms with van der Waals surface area (Å²) >= 11 is 0. The highest BCUT2D eigenvalue weighted by molar-refractivity contribution is 5.82. The minimum absolute atomic E-state index is 0.0880. The maximum Gasteiger partial charge on any atom is 0.237 e. The molecule has 2 unspecified atom stereocenters. The van der Waals surface area contributed by atoms with Gasteiger partial charge >= 0.3 is 0 Å². The van der Waals surface area contributed by atoms with Gasteiger partial charge in [0, 0.05) is 12.1 Å². The van der Waals surface area contributed by atoms with Gasteiger partial charge in [0.1, 0.15) is 5.75 Å². The number of rotatable bonds is 4. The van der Waals surface area contributed by atoms with Crippen molar-refractivity contribution < 1.29 is 14.6 Å². The van der Waals surface area contributed by atoms with Crippen molar-refractivity contribution in [3.8, 4) is 5.75 Å². The second-order valence-corrected chi connectivity index (χ2v) is 4.82. The maximum atomic E-state index is 12.0. The highest BCUT2D eigenvalue weighted by Crippen LogP contribution is 2.24. The molecule has 5 nitrogen and oxygen atoms in total. The van der Waals surface area contributed by atoms with Crippen LogP contribution in [0.3, 0.4) is 0 Å². The van der Waals surface area contributed by atoms with E-state index in [1.54, 1.807) is 7.11 Å². The van der Waals surface area contributed by atoms with Gasteiger partial charge < -0.3 is 20.5 Å². The molecule has 3 atom stereocenters. The third kappa shape index (κ3) is 3.24. The van der Waals surface area contributed by atoms with Crippen molar-refractivity contribution in [2.45, 2.75) is 31.5 Å². The van der Waals surface area contributed by atoms with E-state index in [-0.39, 0.29) is 18.0 Å². The summed E-state index contributed by atoms with van der Waals surface area (Å²) in [6, 6.07) is 7.16. The summed E-state index contributed by atoms with van der Waals surface area (Å²) in [6.07, 6.45) is 0.0297. The molecule has 0 bridgehead atoms. The minimum Gasteiger partial charge on any atom is -0.496 e. The molecule has 0 spiro atoms. The largest absolute Gasteiger partial charge is 0.496 e. The number of methoxy groups -OCH3 is 1. The lowest BCUT2D eigenvalue weighted by atomic mass is 10.1. The van der Waals surface area contributed by atoms with E-state index in [9.17, 15) is 9.90 Å². The van der Waals surface area contributed by atoms with Crippen LogP contribution in [0.5, 0.6) is 5.75 Å². The molecule has 1 aromatic rings. The highest BCUT2D eigenvalue weighted by Gasteiger charge is 2.29. The van der Waals surface area contributed by atoms with E-state index < -0.39 is 6.10 Å². The fraction of sp³-hybridized carbons (Fsp3) is 0.500. The first-order chi connectivity index (χ1) is 9.11. The van der Waals surface area contributed by atoms with Gasteiger partial charge in [-0.2, -0.15) is 0 Å². The molecule has 2 rings (SSSR count). The summed E-state index contributed by atoms with van der Waals surface area (Å²) in [5.41, 5.74) is 0.942. The Kier molecular flexibility index (Phi) is 4.39. The molecule has 0 saturated carbocycles. The van der Waals surface area contributed by atoms with Crippen molar-refractivity contribution in [2.24, 2.45) is 0 Å². The first kappa shape index (κ1) is 13.8. The summed E-state index contributed by atoms with van der Waals surface area (Å²) < 4.78 is 5.28. The number of β-amino-alcohol motifs (C(OH)–C–C–N with tert-alkyl or cyclic N) is 1. The Balaban J connectivity index is 2.00. The zero-order chi connectivity index (χ0) is 13.8. The summed E-state index contributed by atoms with van der Waals surface area (Å²) in [7, 11) is 1.61. The Morgan fingerprint density at radius 3 is 2.89 bits per heavy atom. The van der Waals surface area contributed by atoms with Gasteiger partial charge in [0.2, 0.25) is 5.91 Å². The second-order valence-electron chi connectivity index (χ2n) is 4.82. The van der Waals surface area contributed by atoms with Crippen molar-refractivity contribution in [3.05, 3.63) is 29.8 Å². The van der Waals surface area contributed by atoms with Gasteiger partial charge in [-0.25, -0.2) is 0 Å². The lowest BCUT2D eigenvalue weighted by molar-refractivity contribution is -0.123. The molecular formula is C14H20N2O3. The third-order valence-electron chi connectivity index (χ3n) is 3.39. The average Bonchev–Trinajstić information content (AvgIpc) is 2.85. The third-order valence-corrected chi connectivity index (χ3v) is 3.39. The number of nitrogens with one attached hydrogen (secondary N) is 2.